The number of hydrogen-bond acceptors (Lipinski definition) is 7. The molecule has 0 radical (unpaired) electrons. The van der Waals surface area contributed by atoms with Crippen LogP contribution in [0.25, 0.3) is 0 Å². The number of non-ortho nitro benzene ring substituents is 1. The molecule has 2 aromatic carbocycles. The van der Waals surface area contributed by atoms with E-state index >= 15 is 0 Å². The normalized spacial score (nSPS) is 14.6. The maximum atomic E-state index is 13.4. The Balaban J connectivity index is 1.94. The summed E-state index contributed by atoms with van der Waals surface area (Å²) in [6.45, 7) is 5.54. The van der Waals surface area contributed by atoms with Crippen molar-refractivity contribution in [1.29, 1.82) is 0 Å². The minimum absolute atomic E-state index is 0.139. The van der Waals surface area contributed by atoms with Crippen LogP contribution in [0.1, 0.15) is 42.2 Å². The second-order valence-corrected chi connectivity index (χ2v) is 8.26. The molecule has 1 atom stereocenters. The van der Waals surface area contributed by atoms with Gasteiger partial charge in [0.05, 0.1) is 48.0 Å². The standard InChI is InChI=1S/C23H26ClN3O6/c1-15(2)33-22(28)14-20(17-5-3-4-6-19(17)24)25-23(29)18-13-16(27(30)31)7-8-21(18)26-9-11-32-12-10-26/h3-8,13,15,20H,9-12,14H2,1-2H3,(H,25,29)/t20-/m0/s1. The van der Waals surface area contributed by atoms with Gasteiger partial charge in [0.15, 0.2) is 0 Å². The van der Waals surface area contributed by atoms with E-state index in [0.29, 0.717) is 42.6 Å². The molecule has 1 heterocycles. The average molecular weight is 476 g/mol. The number of hydrogen-bond donors (Lipinski definition) is 1. The zero-order valence-electron chi connectivity index (χ0n) is 18.5. The number of amides is 1. The molecule has 9 nitrogen and oxygen atoms in total. The third-order valence-electron chi connectivity index (χ3n) is 5.11. The number of esters is 1. The molecular formula is C23H26ClN3O6. The Morgan fingerprint density at radius 3 is 2.55 bits per heavy atom. The summed E-state index contributed by atoms with van der Waals surface area (Å²) in [5.74, 6) is -1.05. The smallest absolute Gasteiger partial charge is 0.308 e. The van der Waals surface area contributed by atoms with Crippen molar-refractivity contribution in [3.63, 3.8) is 0 Å². The number of halogens is 1. The lowest BCUT2D eigenvalue weighted by atomic mass is 10.0. The van der Waals surface area contributed by atoms with Crippen LogP contribution in [0.15, 0.2) is 42.5 Å². The number of nitro benzene ring substituents is 1. The van der Waals surface area contributed by atoms with Crippen molar-refractivity contribution in [3.8, 4) is 0 Å². The Morgan fingerprint density at radius 1 is 1.21 bits per heavy atom. The van der Waals surface area contributed by atoms with E-state index in [9.17, 15) is 19.7 Å². The van der Waals surface area contributed by atoms with Crippen LogP contribution in [-0.2, 0) is 14.3 Å². The quantitative estimate of drug-likeness (QED) is 0.350. The number of anilines is 1. The molecule has 0 aromatic heterocycles. The number of nitrogens with zero attached hydrogens (tertiary/aromatic N) is 2. The van der Waals surface area contributed by atoms with Gasteiger partial charge >= 0.3 is 5.97 Å². The van der Waals surface area contributed by atoms with Crippen molar-refractivity contribution < 1.29 is 24.0 Å². The Hall–Kier alpha value is -3.17. The van der Waals surface area contributed by atoms with E-state index in [0.717, 1.165) is 0 Å². The molecule has 176 valence electrons. The minimum Gasteiger partial charge on any atom is -0.463 e. The largest absolute Gasteiger partial charge is 0.463 e. The van der Waals surface area contributed by atoms with Gasteiger partial charge in [-0.2, -0.15) is 0 Å². The molecule has 0 aliphatic carbocycles. The Kier molecular flexibility index (Phi) is 8.24. The third kappa shape index (κ3) is 6.43. The van der Waals surface area contributed by atoms with Crippen molar-refractivity contribution >= 4 is 34.9 Å². The second-order valence-electron chi connectivity index (χ2n) is 7.85. The average Bonchev–Trinajstić information content (AvgIpc) is 2.78. The molecular weight excluding hydrogens is 450 g/mol. The number of nitrogens with one attached hydrogen (secondary N) is 1. The summed E-state index contributed by atoms with van der Waals surface area (Å²) in [4.78, 5) is 38.5. The van der Waals surface area contributed by atoms with Crippen LogP contribution in [0.4, 0.5) is 11.4 Å². The first-order valence-electron chi connectivity index (χ1n) is 10.6. The van der Waals surface area contributed by atoms with Gasteiger partial charge in [0.1, 0.15) is 0 Å². The molecule has 1 aliphatic heterocycles. The number of carbonyl (C=O) groups is 2. The van der Waals surface area contributed by atoms with E-state index in [2.05, 4.69) is 5.32 Å². The highest BCUT2D eigenvalue weighted by atomic mass is 35.5. The molecule has 0 spiro atoms. The van der Waals surface area contributed by atoms with Crippen LogP contribution in [0, 0.1) is 10.1 Å². The molecule has 3 rings (SSSR count). The highest BCUT2D eigenvalue weighted by Crippen LogP contribution is 2.30. The molecule has 1 saturated heterocycles. The van der Waals surface area contributed by atoms with E-state index in [1.807, 2.05) is 4.90 Å². The molecule has 1 amide bonds. The van der Waals surface area contributed by atoms with Gasteiger partial charge in [-0.05, 0) is 31.5 Å². The molecule has 2 aromatic rings. The van der Waals surface area contributed by atoms with Gasteiger partial charge in [0.25, 0.3) is 11.6 Å². The number of carbonyl (C=O) groups excluding carboxylic acids is 2. The maximum absolute atomic E-state index is 13.4. The lowest BCUT2D eigenvalue weighted by Crippen LogP contribution is -2.38. The minimum atomic E-state index is -0.783. The number of ether oxygens (including phenoxy) is 2. The predicted octanol–water partition coefficient (Wildman–Crippen LogP) is 3.90. The zero-order valence-corrected chi connectivity index (χ0v) is 19.2. The van der Waals surface area contributed by atoms with Crippen molar-refractivity contribution in [3.05, 3.63) is 68.7 Å². The van der Waals surface area contributed by atoms with Crippen LogP contribution in [0.3, 0.4) is 0 Å². The fourth-order valence-electron chi connectivity index (χ4n) is 3.61. The van der Waals surface area contributed by atoms with Gasteiger partial charge in [-0.25, -0.2) is 0 Å². The summed E-state index contributed by atoms with van der Waals surface area (Å²) in [5, 5.41) is 14.6. The van der Waals surface area contributed by atoms with Gasteiger partial charge in [-0.1, -0.05) is 29.8 Å². The lowest BCUT2D eigenvalue weighted by molar-refractivity contribution is -0.384. The number of nitro groups is 1. The molecule has 33 heavy (non-hydrogen) atoms. The number of rotatable bonds is 8. The predicted molar refractivity (Wildman–Crippen MR) is 124 cm³/mol. The fraction of sp³-hybridized carbons (Fsp3) is 0.391. The van der Waals surface area contributed by atoms with Gasteiger partial charge in [0, 0.05) is 30.2 Å². The first kappa shape index (κ1) is 24.5. The van der Waals surface area contributed by atoms with Gasteiger partial charge in [-0.15, -0.1) is 0 Å². The maximum Gasteiger partial charge on any atom is 0.308 e. The second kappa shape index (κ2) is 11.1. The molecule has 1 N–H and O–H groups in total. The van der Waals surface area contributed by atoms with Crippen molar-refractivity contribution in [2.45, 2.75) is 32.4 Å². The van der Waals surface area contributed by atoms with E-state index in [-0.39, 0.29) is 23.8 Å². The van der Waals surface area contributed by atoms with Gasteiger partial charge < -0.3 is 19.7 Å². The van der Waals surface area contributed by atoms with Gasteiger partial charge in [-0.3, -0.25) is 19.7 Å². The summed E-state index contributed by atoms with van der Waals surface area (Å²) in [6.07, 6.45) is -0.458. The number of benzene rings is 2. The Bertz CT molecular complexity index is 1020. The summed E-state index contributed by atoms with van der Waals surface area (Å²) in [6, 6.07) is 10.3. The highest BCUT2D eigenvalue weighted by molar-refractivity contribution is 6.31. The third-order valence-corrected chi connectivity index (χ3v) is 5.46. The van der Waals surface area contributed by atoms with E-state index in [4.69, 9.17) is 21.1 Å². The monoisotopic (exact) mass is 475 g/mol. The summed E-state index contributed by atoms with van der Waals surface area (Å²) >= 11 is 6.34. The fourth-order valence-corrected chi connectivity index (χ4v) is 3.88. The molecule has 0 unspecified atom stereocenters. The van der Waals surface area contributed by atoms with Crippen LogP contribution in [0.2, 0.25) is 5.02 Å². The first-order chi connectivity index (χ1) is 15.8. The topological polar surface area (TPSA) is 111 Å². The molecule has 10 heteroatoms. The van der Waals surface area contributed by atoms with E-state index in [1.54, 1.807) is 44.2 Å². The summed E-state index contributed by atoms with van der Waals surface area (Å²) < 4.78 is 10.6. The van der Waals surface area contributed by atoms with Gasteiger partial charge in [0.2, 0.25) is 0 Å². The summed E-state index contributed by atoms with van der Waals surface area (Å²) in [7, 11) is 0. The van der Waals surface area contributed by atoms with Crippen LogP contribution >= 0.6 is 11.6 Å². The van der Waals surface area contributed by atoms with Crippen LogP contribution < -0.4 is 10.2 Å². The molecule has 0 bridgehead atoms. The first-order valence-corrected chi connectivity index (χ1v) is 11.0. The zero-order chi connectivity index (χ0) is 24.0. The van der Waals surface area contributed by atoms with Crippen molar-refractivity contribution in [2.24, 2.45) is 0 Å². The highest BCUT2D eigenvalue weighted by Gasteiger charge is 2.26. The number of morpholine rings is 1. The SMILES string of the molecule is CC(C)OC(=O)C[C@H](NC(=O)c1cc([N+](=O)[O-])ccc1N1CCOCC1)c1ccccc1Cl. The van der Waals surface area contributed by atoms with E-state index in [1.165, 1.54) is 12.1 Å². The van der Waals surface area contributed by atoms with Crippen LogP contribution in [0.5, 0.6) is 0 Å². The lowest BCUT2D eigenvalue weighted by Gasteiger charge is -2.30. The Morgan fingerprint density at radius 2 is 1.91 bits per heavy atom. The summed E-state index contributed by atoms with van der Waals surface area (Å²) in [5.41, 5.74) is 1.04. The molecule has 1 fully saturated rings. The van der Waals surface area contributed by atoms with Crippen molar-refractivity contribution in [1.82, 2.24) is 5.32 Å². The molecule has 1 aliphatic rings. The van der Waals surface area contributed by atoms with E-state index < -0.39 is 22.8 Å². The molecule has 0 saturated carbocycles. The Labute approximate surface area is 196 Å². The van der Waals surface area contributed by atoms with Crippen molar-refractivity contribution in [2.75, 3.05) is 31.2 Å². The van der Waals surface area contributed by atoms with Crippen LogP contribution in [-0.4, -0.2) is 49.2 Å².